The van der Waals surface area contributed by atoms with E-state index in [0.717, 1.165) is 0 Å². The summed E-state index contributed by atoms with van der Waals surface area (Å²) in [7, 11) is 0. The van der Waals surface area contributed by atoms with Crippen molar-refractivity contribution < 1.29 is 31.4 Å². The summed E-state index contributed by atoms with van der Waals surface area (Å²) in [6.07, 6.45) is -3.53. The molecule has 158 valence electrons. The molecule has 3 N–H and O–H groups in total. The van der Waals surface area contributed by atoms with E-state index in [0.29, 0.717) is 11.5 Å². The second kappa shape index (κ2) is 11.1. The van der Waals surface area contributed by atoms with Crippen molar-refractivity contribution in [3.05, 3.63) is 48.4 Å². The number of hydrogen-bond acceptors (Lipinski definition) is 6. The van der Waals surface area contributed by atoms with Crippen molar-refractivity contribution in [3.63, 3.8) is 0 Å². The van der Waals surface area contributed by atoms with E-state index in [4.69, 9.17) is 15.2 Å². The van der Waals surface area contributed by atoms with Crippen LogP contribution in [0, 0.1) is 5.82 Å². The highest BCUT2D eigenvalue weighted by atomic mass is 19.3. The maximum absolute atomic E-state index is 12.8. The molecule has 2 heterocycles. The molecule has 0 aliphatic carbocycles. The summed E-state index contributed by atoms with van der Waals surface area (Å²) >= 11 is 0. The molecule has 0 saturated heterocycles. The van der Waals surface area contributed by atoms with Gasteiger partial charge in [0.2, 0.25) is 0 Å². The van der Waals surface area contributed by atoms with Gasteiger partial charge in [0.25, 0.3) is 12.9 Å². The van der Waals surface area contributed by atoms with Crippen molar-refractivity contribution in [1.82, 2.24) is 4.98 Å². The van der Waals surface area contributed by atoms with Crippen LogP contribution in [0.1, 0.15) is 0 Å². The molecular formula is C18H19F5N4O2. The minimum atomic E-state index is -2.56. The molecule has 1 aromatic carbocycles. The number of aliphatic imine (C=N–C) groups is 1. The Balaban J connectivity index is 0.000000253. The molecule has 29 heavy (non-hydrogen) atoms. The van der Waals surface area contributed by atoms with Gasteiger partial charge in [-0.3, -0.25) is 4.99 Å². The first-order chi connectivity index (χ1) is 13.8. The summed E-state index contributed by atoms with van der Waals surface area (Å²) in [4.78, 5) is 7.50. The molecule has 3 rings (SSSR count). The molecule has 2 aromatic rings. The van der Waals surface area contributed by atoms with Gasteiger partial charge in [0, 0.05) is 11.9 Å². The minimum Gasteiger partial charge on any atom is -0.484 e. The molecular weight excluding hydrogens is 399 g/mol. The molecule has 0 amide bonds. The Bertz CT molecular complexity index is 790. The monoisotopic (exact) mass is 418 g/mol. The van der Waals surface area contributed by atoms with Crippen LogP contribution >= 0.6 is 0 Å². The fraction of sp³-hybridized carbons (Fsp3) is 0.333. The molecule has 0 radical (unpaired) electrons. The first kappa shape index (κ1) is 22.3. The Morgan fingerprint density at radius 2 is 1.90 bits per heavy atom. The molecule has 1 aromatic heterocycles. The molecule has 0 spiro atoms. The van der Waals surface area contributed by atoms with Crippen molar-refractivity contribution in [1.29, 1.82) is 0 Å². The van der Waals surface area contributed by atoms with Crippen LogP contribution in [-0.4, -0.2) is 49.5 Å². The lowest BCUT2D eigenvalue weighted by Gasteiger charge is -2.17. The maximum Gasteiger partial charge on any atom is 0.272 e. The van der Waals surface area contributed by atoms with E-state index >= 15 is 0 Å². The van der Waals surface area contributed by atoms with Crippen molar-refractivity contribution >= 4 is 17.3 Å². The molecule has 1 aliphatic heterocycles. The standard InChI is InChI=1S/C13H11F3N2O.C5H8F2N2O/c14-9-3-5-10(6-4-9)18-13-11(2-1-7-17-13)19-8-12(15)16;6-5(7)3-1-10-2-4(8)9-3/h1-7,12H,8H2,(H,17,18);3,5H,1-2H2,(H2,8,9). The third-order valence-corrected chi connectivity index (χ3v) is 3.40. The maximum atomic E-state index is 12.8. The van der Waals surface area contributed by atoms with E-state index in [9.17, 15) is 22.0 Å². The second-order valence-electron chi connectivity index (χ2n) is 5.72. The Morgan fingerprint density at radius 1 is 1.17 bits per heavy atom. The Labute approximate surface area is 163 Å². The third kappa shape index (κ3) is 7.90. The highest BCUT2D eigenvalue weighted by Crippen LogP contribution is 2.25. The number of benzene rings is 1. The lowest BCUT2D eigenvalue weighted by Crippen LogP contribution is -2.34. The van der Waals surface area contributed by atoms with Gasteiger partial charge >= 0.3 is 0 Å². The lowest BCUT2D eigenvalue weighted by molar-refractivity contribution is 0.0505. The fourth-order valence-electron chi connectivity index (χ4n) is 2.12. The summed E-state index contributed by atoms with van der Waals surface area (Å²) in [6.45, 7) is -0.564. The van der Waals surface area contributed by atoms with Gasteiger partial charge in [-0.1, -0.05) is 0 Å². The lowest BCUT2D eigenvalue weighted by atomic mass is 10.3. The Morgan fingerprint density at radius 3 is 2.48 bits per heavy atom. The average Bonchev–Trinajstić information content (AvgIpc) is 2.69. The number of amidine groups is 1. The number of hydrogen-bond donors (Lipinski definition) is 2. The summed E-state index contributed by atoms with van der Waals surface area (Å²) in [5.74, 6) is 0.305. The smallest absolute Gasteiger partial charge is 0.272 e. The van der Waals surface area contributed by atoms with Crippen LogP contribution in [0.25, 0.3) is 0 Å². The van der Waals surface area contributed by atoms with Crippen LogP contribution in [0.3, 0.4) is 0 Å². The number of halogens is 5. The van der Waals surface area contributed by atoms with Crippen LogP contribution in [0.5, 0.6) is 5.75 Å². The molecule has 0 fully saturated rings. The van der Waals surface area contributed by atoms with E-state index < -0.39 is 25.5 Å². The largest absolute Gasteiger partial charge is 0.484 e. The van der Waals surface area contributed by atoms with Crippen LogP contribution in [0.4, 0.5) is 33.5 Å². The first-order valence-corrected chi connectivity index (χ1v) is 8.41. The molecule has 11 heteroatoms. The Hall–Kier alpha value is -2.95. The van der Waals surface area contributed by atoms with Crippen LogP contribution in [-0.2, 0) is 4.74 Å². The number of alkyl halides is 4. The third-order valence-electron chi connectivity index (χ3n) is 3.40. The summed E-state index contributed by atoms with van der Waals surface area (Å²) in [5, 5.41) is 2.88. The number of ether oxygens (including phenoxy) is 2. The van der Waals surface area contributed by atoms with Gasteiger partial charge in [-0.15, -0.1) is 0 Å². The van der Waals surface area contributed by atoms with Crippen molar-refractivity contribution in [2.24, 2.45) is 10.7 Å². The van der Waals surface area contributed by atoms with Gasteiger partial charge in [-0.25, -0.2) is 26.9 Å². The van der Waals surface area contributed by atoms with E-state index in [-0.39, 0.29) is 30.6 Å². The summed E-state index contributed by atoms with van der Waals surface area (Å²) < 4.78 is 70.4. The highest BCUT2D eigenvalue weighted by molar-refractivity contribution is 5.82. The molecule has 1 atom stereocenters. The van der Waals surface area contributed by atoms with Gasteiger partial charge in [-0.05, 0) is 36.4 Å². The zero-order valence-corrected chi connectivity index (χ0v) is 15.1. The van der Waals surface area contributed by atoms with Crippen LogP contribution < -0.4 is 15.8 Å². The van der Waals surface area contributed by atoms with E-state index in [2.05, 4.69) is 15.3 Å². The topological polar surface area (TPSA) is 81.8 Å². The predicted octanol–water partition coefficient (Wildman–Crippen LogP) is 3.62. The van der Waals surface area contributed by atoms with Crippen molar-refractivity contribution in [2.75, 3.05) is 25.1 Å². The molecule has 6 nitrogen and oxygen atoms in total. The number of pyridine rings is 1. The average molecular weight is 418 g/mol. The second-order valence-corrected chi connectivity index (χ2v) is 5.72. The SMILES string of the molecule is Fc1ccc(Nc2ncccc2OCC(F)F)cc1.NC1=NC(C(F)F)COC1. The summed E-state index contributed by atoms with van der Waals surface area (Å²) in [5.41, 5.74) is 5.74. The van der Waals surface area contributed by atoms with Crippen LogP contribution in [0.15, 0.2) is 47.6 Å². The fourth-order valence-corrected chi connectivity index (χ4v) is 2.12. The first-order valence-electron chi connectivity index (χ1n) is 8.41. The Kier molecular flexibility index (Phi) is 8.59. The van der Waals surface area contributed by atoms with E-state index in [1.165, 1.54) is 36.5 Å². The summed E-state index contributed by atoms with van der Waals surface area (Å²) in [6, 6.07) is 7.64. The number of rotatable bonds is 6. The van der Waals surface area contributed by atoms with Gasteiger partial charge < -0.3 is 20.5 Å². The number of aromatic nitrogens is 1. The molecule has 1 unspecified atom stereocenters. The number of nitrogens with one attached hydrogen (secondary N) is 1. The predicted molar refractivity (Wildman–Crippen MR) is 97.7 cm³/mol. The van der Waals surface area contributed by atoms with Crippen LogP contribution in [0.2, 0.25) is 0 Å². The molecule has 0 saturated carbocycles. The normalized spacial score (nSPS) is 16.1. The van der Waals surface area contributed by atoms with Gasteiger partial charge in [0.05, 0.1) is 6.61 Å². The minimum absolute atomic E-state index is 0.0294. The highest BCUT2D eigenvalue weighted by Gasteiger charge is 2.22. The van der Waals surface area contributed by atoms with E-state index in [1.54, 1.807) is 6.07 Å². The number of nitrogens with two attached hydrogens (primary N) is 1. The van der Waals surface area contributed by atoms with Gasteiger partial charge in [-0.2, -0.15) is 0 Å². The van der Waals surface area contributed by atoms with Gasteiger partial charge in [0.1, 0.15) is 30.9 Å². The molecule has 0 bridgehead atoms. The number of anilines is 2. The van der Waals surface area contributed by atoms with Gasteiger partial charge in [0.15, 0.2) is 11.6 Å². The molecule has 1 aliphatic rings. The van der Waals surface area contributed by atoms with Crippen molar-refractivity contribution in [2.45, 2.75) is 18.9 Å². The number of nitrogens with zero attached hydrogens (tertiary/aromatic N) is 2. The zero-order chi connectivity index (χ0) is 21.2. The van der Waals surface area contributed by atoms with Crippen molar-refractivity contribution in [3.8, 4) is 5.75 Å². The van der Waals surface area contributed by atoms with E-state index in [1.807, 2.05) is 0 Å². The quantitative estimate of drug-likeness (QED) is 0.701. The zero-order valence-electron chi connectivity index (χ0n) is 15.1.